The third-order valence-corrected chi connectivity index (χ3v) is 5.36. The van der Waals surface area contributed by atoms with E-state index in [0.717, 1.165) is 32.6 Å². The first-order valence-corrected chi connectivity index (χ1v) is 7.42. The van der Waals surface area contributed by atoms with Crippen molar-refractivity contribution in [1.82, 2.24) is 4.90 Å². The summed E-state index contributed by atoms with van der Waals surface area (Å²) in [5, 5.41) is 0. The third kappa shape index (κ3) is 2.45. The molecule has 0 aromatic heterocycles. The Morgan fingerprint density at radius 3 is 2.33 bits per heavy atom. The topological polar surface area (TPSA) is 38.5 Å². The average molecular weight is 254 g/mol. The minimum atomic E-state index is 0.200. The molecule has 2 fully saturated rings. The highest BCUT2D eigenvalue weighted by molar-refractivity contribution is 5.06. The molecule has 2 rings (SSSR count). The lowest BCUT2D eigenvalue weighted by atomic mass is 9.83. The van der Waals surface area contributed by atoms with Crippen LogP contribution in [0.5, 0.6) is 0 Å². The Hall–Kier alpha value is -0.120. The van der Waals surface area contributed by atoms with Crippen LogP contribution in [0.1, 0.15) is 46.5 Å². The number of nitrogens with two attached hydrogens (primary N) is 1. The Balaban J connectivity index is 2.16. The first-order chi connectivity index (χ1) is 8.41. The second-order valence-corrected chi connectivity index (χ2v) is 7.21. The van der Waals surface area contributed by atoms with Crippen molar-refractivity contribution in [1.29, 1.82) is 0 Å². The van der Waals surface area contributed by atoms with Gasteiger partial charge in [-0.15, -0.1) is 0 Å². The largest absolute Gasteiger partial charge is 0.381 e. The fourth-order valence-electron chi connectivity index (χ4n) is 4.42. The molecule has 2 aliphatic rings. The number of nitrogens with zero attached hydrogens (tertiary/aromatic N) is 1. The summed E-state index contributed by atoms with van der Waals surface area (Å²) in [5.74, 6) is 0.686. The molecule has 2 unspecified atom stereocenters. The zero-order valence-electron chi connectivity index (χ0n) is 12.5. The number of hydrogen-bond acceptors (Lipinski definition) is 3. The van der Waals surface area contributed by atoms with Crippen molar-refractivity contribution in [2.75, 3.05) is 26.8 Å². The van der Waals surface area contributed by atoms with Gasteiger partial charge >= 0.3 is 0 Å². The predicted octanol–water partition coefficient (Wildman–Crippen LogP) is 2.25. The lowest BCUT2D eigenvalue weighted by molar-refractivity contribution is -0.0161. The van der Waals surface area contributed by atoms with Gasteiger partial charge in [0.2, 0.25) is 0 Å². The van der Waals surface area contributed by atoms with Gasteiger partial charge in [-0.05, 0) is 44.1 Å². The van der Waals surface area contributed by atoms with E-state index in [1.165, 1.54) is 12.8 Å². The van der Waals surface area contributed by atoms with Crippen molar-refractivity contribution in [3.63, 3.8) is 0 Å². The van der Waals surface area contributed by atoms with E-state index in [2.05, 4.69) is 32.7 Å². The highest BCUT2D eigenvalue weighted by atomic mass is 16.5. The Labute approximate surface area is 112 Å². The lowest BCUT2D eigenvalue weighted by Gasteiger charge is -2.47. The molecule has 18 heavy (non-hydrogen) atoms. The number of likely N-dealkylation sites (N-methyl/N-ethyl adjacent to an activating group) is 1. The second kappa shape index (κ2) is 5.10. The van der Waals surface area contributed by atoms with Gasteiger partial charge < -0.3 is 10.5 Å². The first kappa shape index (κ1) is 14.3. The van der Waals surface area contributed by atoms with Crippen molar-refractivity contribution in [2.24, 2.45) is 17.1 Å². The van der Waals surface area contributed by atoms with Gasteiger partial charge in [0.1, 0.15) is 0 Å². The summed E-state index contributed by atoms with van der Waals surface area (Å²) >= 11 is 0. The normalized spacial score (nSPS) is 37.3. The van der Waals surface area contributed by atoms with Crippen molar-refractivity contribution in [3.05, 3.63) is 0 Å². The van der Waals surface area contributed by atoms with Crippen molar-refractivity contribution in [2.45, 2.75) is 58.0 Å². The van der Waals surface area contributed by atoms with E-state index in [9.17, 15) is 0 Å². The molecule has 0 bridgehead atoms. The number of ether oxygens (including phenoxy) is 1. The summed E-state index contributed by atoms with van der Waals surface area (Å²) in [6, 6.07) is 0.652. The van der Waals surface area contributed by atoms with E-state index < -0.39 is 0 Å². The fourth-order valence-corrected chi connectivity index (χ4v) is 4.42. The molecule has 2 atom stereocenters. The molecule has 0 amide bonds. The van der Waals surface area contributed by atoms with E-state index in [0.29, 0.717) is 17.4 Å². The maximum atomic E-state index is 6.21. The van der Waals surface area contributed by atoms with E-state index in [1.807, 2.05) is 0 Å². The Bertz CT molecular complexity index is 286. The van der Waals surface area contributed by atoms with Crippen LogP contribution in [0.4, 0.5) is 0 Å². The Morgan fingerprint density at radius 2 is 1.89 bits per heavy atom. The van der Waals surface area contributed by atoms with Gasteiger partial charge in [0.15, 0.2) is 0 Å². The van der Waals surface area contributed by atoms with Gasteiger partial charge in [0, 0.05) is 31.3 Å². The van der Waals surface area contributed by atoms with E-state index >= 15 is 0 Å². The van der Waals surface area contributed by atoms with Crippen LogP contribution in [0.25, 0.3) is 0 Å². The van der Waals surface area contributed by atoms with Crippen LogP contribution in [-0.4, -0.2) is 43.3 Å². The number of rotatable bonds is 3. The highest BCUT2D eigenvalue weighted by Crippen LogP contribution is 2.50. The first-order valence-electron chi connectivity index (χ1n) is 7.42. The molecule has 1 heterocycles. The average Bonchev–Trinajstić information content (AvgIpc) is 2.59. The molecule has 0 spiro atoms. The van der Waals surface area contributed by atoms with Gasteiger partial charge in [-0.3, -0.25) is 4.90 Å². The molecule has 1 saturated carbocycles. The van der Waals surface area contributed by atoms with Gasteiger partial charge in [-0.1, -0.05) is 20.8 Å². The Kier molecular flexibility index (Phi) is 4.05. The molecule has 1 aliphatic carbocycles. The molecule has 0 radical (unpaired) electrons. The molecule has 3 heteroatoms. The summed E-state index contributed by atoms with van der Waals surface area (Å²) < 4.78 is 5.49. The monoisotopic (exact) mass is 254 g/mol. The SMILES string of the molecule is CC1CC(C)(C)CC1(CN)N(C)C1CCOCC1. The van der Waals surface area contributed by atoms with E-state index in [1.54, 1.807) is 0 Å². The van der Waals surface area contributed by atoms with Gasteiger partial charge in [-0.25, -0.2) is 0 Å². The van der Waals surface area contributed by atoms with E-state index in [-0.39, 0.29) is 5.54 Å². The maximum absolute atomic E-state index is 6.21. The minimum Gasteiger partial charge on any atom is -0.381 e. The van der Waals surface area contributed by atoms with Crippen molar-refractivity contribution in [3.8, 4) is 0 Å². The van der Waals surface area contributed by atoms with Crippen LogP contribution in [0, 0.1) is 11.3 Å². The van der Waals surface area contributed by atoms with Crippen LogP contribution in [0.3, 0.4) is 0 Å². The molecular weight excluding hydrogens is 224 g/mol. The summed E-state index contributed by atoms with van der Waals surface area (Å²) in [5.41, 5.74) is 6.84. The predicted molar refractivity (Wildman–Crippen MR) is 75.6 cm³/mol. The lowest BCUT2D eigenvalue weighted by Crippen LogP contribution is -2.58. The molecule has 2 N–H and O–H groups in total. The van der Waals surface area contributed by atoms with Gasteiger partial charge in [0.05, 0.1) is 0 Å². The standard InChI is InChI=1S/C15H30N2O/c1-12-9-14(2,3)10-15(12,11-16)17(4)13-5-7-18-8-6-13/h12-13H,5-11,16H2,1-4H3. The molecule has 0 aromatic carbocycles. The molecular formula is C15H30N2O. The van der Waals surface area contributed by atoms with Crippen LogP contribution in [-0.2, 0) is 4.74 Å². The van der Waals surface area contributed by atoms with Crippen LogP contribution >= 0.6 is 0 Å². The van der Waals surface area contributed by atoms with E-state index in [4.69, 9.17) is 10.5 Å². The summed E-state index contributed by atoms with van der Waals surface area (Å²) in [6.45, 7) is 9.77. The molecule has 1 aliphatic heterocycles. The van der Waals surface area contributed by atoms with Crippen molar-refractivity contribution < 1.29 is 4.74 Å². The summed E-state index contributed by atoms with van der Waals surface area (Å²) in [4.78, 5) is 2.61. The van der Waals surface area contributed by atoms with Crippen molar-refractivity contribution >= 4 is 0 Å². The van der Waals surface area contributed by atoms with Gasteiger partial charge in [0.25, 0.3) is 0 Å². The molecule has 3 nitrogen and oxygen atoms in total. The summed E-state index contributed by atoms with van der Waals surface area (Å²) in [6.07, 6.45) is 4.83. The molecule has 1 saturated heterocycles. The van der Waals surface area contributed by atoms with Gasteiger partial charge in [-0.2, -0.15) is 0 Å². The van der Waals surface area contributed by atoms with Crippen LogP contribution < -0.4 is 5.73 Å². The molecule has 106 valence electrons. The third-order valence-electron chi connectivity index (χ3n) is 5.36. The smallest absolute Gasteiger partial charge is 0.0480 e. The highest BCUT2D eigenvalue weighted by Gasteiger charge is 2.51. The zero-order chi connectivity index (χ0) is 13.4. The quantitative estimate of drug-likeness (QED) is 0.839. The minimum absolute atomic E-state index is 0.200. The maximum Gasteiger partial charge on any atom is 0.0480 e. The van der Waals surface area contributed by atoms with Crippen LogP contribution in [0.15, 0.2) is 0 Å². The fraction of sp³-hybridized carbons (Fsp3) is 1.00. The number of hydrogen-bond donors (Lipinski definition) is 1. The zero-order valence-corrected chi connectivity index (χ0v) is 12.5. The van der Waals surface area contributed by atoms with Crippen LogP contribution in [0.2, 0.25) is 0 Å². The Morgan fingerprint density at radius 1 is 1.28 bits per heavy atom. The molecule has 0 aromatic rings. The second-order valence-electron chi connectivity index (χ2n) is 7.21. The summed E-state index contributed by atoms with van der Waals surface area (Å²) in [7, 11) is 2.29.